The molecular weight excluding hydrogens is 690 g/mol. The average molecular weight is 731 g/mol. The molecule has 5 aromatic carbocycles. The van der Waals surface area contributed by atoms with Gasteiger partial charge in [-0.2, -0.15) is 4.39 Å². The molecule has 6 rings (SSSR count). The van der Waals surface area contributed by atoms with Crippen molar-refractivity contribution in [1.82, 2.24) is 0 Å². The van der Waals surface area contributed by atoms with Crippen molar-refractivity contribution in [2.75, 3.05) is 20.3 Å². The van der Waals surface area contributed by atoms with Gasteiger partial charge in [0, 0.05) is 11.4 Å². The minimum absolute atomic E-state index is 0.0381. The number of aliphatic hydroxyl groups excluding tert-OH is 2. The molecule has 10 heteroatoms. The van der Waals surface area contributed by atoms with E-state index in [1.165, 1.54) is 19.2 Å². The number of hydrogen-bond acceptors (Lipinski definition) is 7. The predicted molar refractivity (Wildman–Crippen MR) is 193 cm³/mol. The summed E-state index contributed by atoms with van der Waals surface area (Å²) in [7, 11) is 1.27. The monoisotopic (exact) mass is 730 g/mol. The molecule has 0 amide bonds. The molecular formula is C42H41ClF2O7. The first kappa shape index (κ1) is 37.6. The fraction of sp³-hybridized carbons (Fsp3) is 0.286. The molecule has 1 heterocycles. The third-order valence-corrected chi connectivity index (χ3v) is 9.67. The van der Waals surface area contributed by atoms with E-state index >= 15 is 4.39 Å². The Balaban J connectivity index is 1.42. The summed E-state index contributed by atoms with van der Waals surface area (Å²) in [4.78, 5) is 0. The maximum atomic E-state index is 15.1. The Kier molecular flexibility index (Phi) is 12.7. The van der Waals surface area contributed by atoms with Crippen LogP contribution in [0.4, 0.5) is 8.78 Å². The highest BCUT2D eigenvalue weighted by Gasteiger charge is 2.57. The molecule has 2 N–H and O–H groups in total. The third-order valence-electron chi connectivity index (χ3n) is 9.30. The van der Waals surface area contributed by atoms with Gasteiger partial charge in [-0.15, -0.1) is 0 Å². The smallest absolute Gasteiger partial charge is 0.200 e. The van der Waals surface area contributed by atoms with Gasteiger partial charge in [0.15, 0.2) is 11.6 Å². The minimum atomic E-state index is -1.64. The van der Waals surface area contributed by atoms with Crippen LogP contribution in [0.3, 0.4) is 0 Å². The van der Waals surface area contributed by atoms with E-state index in [4.69, 9.17) is 35.3 Å². The predicted octanol–water partition coefficient (Wildman–Crippen LogP) is 7.77. The Morgan fingerprint density at radius 2 is 1.19 bits per heavy atom. The second-order valence-corrected chi connectivity index (χ2v) is 13.1. The summed E-state index contributed by atoms with van der Waals surface area (Å²) in [5, 5.41) is 22.3. The van der Waals surface area contributed by atoms with Crippen molar-refractivity contribution in [3.8, 4) is 5.75 Å². The SMILES string of the molecule is COc1ccc(Cc2cc(C3OC(CO)(CO)C(OCc4ccccc4)C(OCc4ccccc4)C3OCc3ccccc3)ccc2Cl)c(F)c1F. The van der Waals surface area contributed by atoms with Crippen LogP contribution in [0.1, 0.15) is 39.5 Å². The first-order valence-electron chi connectivity index (χ1n) is 17.0. The van der Waals surface area contributed by atoms with Crippen molar-refractivity contribution in [2.45, 2.75) is 56.3 Å². The van der Waals surface area contributed by atoms with Crippen molar-refractivity contribution >= 4 is 11.6 Å². The molecule has 0 saturated carbocycles. The maximum absolute atomic E-state index is 15.1. The van der Waals surface area contributed by atoms with Gasteiger partial charge in [0.25, 0.3) is 0 Å². The molecule has 1 aliphatic rings. The summed E-state index contributed by atoms with van der Waals surface area (Å²) in [5.41, 5.74) is 2.18. The second-order valence-electron chi connectivity index (χ2n) is 12.7. The first-order valence-corrected chi connectivity index (χ1v) is 17.4. The molecule has 0 spiro atoms. The molecule has 1 aliphatic heterocycles. The van der Waals surface area contributed by atoms with E-state index in [2.05, 4.69) is 0 Å². The van der Waals surface area contributed by atoms with Crippen molar-refractivity contribution in [2.24, 2.45) is 0 Å². The van der Waals surface area contributed by atoms with Crippen LogP contribution in [-0.2, 0) is 45.2 Å². The van der Waals surface area contributed by atoms with Crippen LogP contribution in [0.25, 0.3) is 0 Å². The largest absolute Gasteiger partial charge is 0.494 e. The Hall–Kier alpha value is -4.19. The van der Waals surface area contributed by atoms with Gasteiger partial charge < -0.3 is 33.9 Å². The van der Waals surface area contributed by atoms with Gasteiger partial charge in [-0.25, -0.2) is 4.39 Å². The number of rotatable bonds is 15. The molecule has 0 bridgehead atoms. The number of benzene rings is 5. The van der Waals surface area contributed by atoms with E-state index < -0.39 is 54.9 Å². The summed E-state index contributed by atoms with van der Waals surface area (Å²) in [6, 6.07) is 36.7. The van der Waals surface area contributed by atoms with Crippen LogP contribution < -0.4 is 4.74 Å². The number of aliphatic hydroxyl groups is 2. The van der Waals surface area contributed by atoms with E-state index in [0.717, 1.165) is 16.7 Å². The van der Waals surface area contributed by atoms with Crippen molar-refractivity contribution in [3.63, 3.8) is 0 Å². The van der Waals surface area contributed by atoms with E-state index in [1.54, 1.807) is 18.2 Å². The zero-order valence-electron chi connectivity index (χ0n) is 28.7. The third kappa shape index (κ3) is 8.54. The molecule has 4 atom stereocenters. The Labute approximate surface area is 307 Å². The number of halogens is 3. The number of methoxy groups -OCH3 is 1. The second kappa shape index (κ2) is 17.6. The Morgan fingerprint density at radius 1 is 0.654 bits per heavy atom. The molecule has 0 aliphatic carbocycles. The lowest BCUT2D eigenvalue weighted by Gasteiger charge is -2.52. The van der Waals surface area contributed by atoms with Gasteiger partial charge in [-0.1, -0.05) is 121 Å². The molecule has 0 radical (unpaired) electrons. The molecule has 52 heavy (non-hydrogen) atoms. The quantitative estimate of drug-likeness (QED) is 0.114. The molecule has 5 aromatic rings. The lowest BCUT2D eigenvalue weighted by Crippen LogP contribution is -2.66. The van der Waals surface area contributed by atoms with E-state index in [9.17, 15) is 14.6 Å². The van der Waals surface area contributed by atoms with Crippen LogP contribution in [-0.4, -0.2) is 54.4 Å². The lowest BCUT2D eigenvalue weighted by atomic mass is 9.82. The van der Waals surface area contributed by atoms with Gasteiger partial charge in [-0.3, -0.25) is 0 Å². The molecule has 4 unspecified atom stereocenters. The van der Waals surface area contributed by atoms with Crippen molar-refractivity contribution in [1.29, 1.82) is 0 Å². The summed E-state index contributed by atoms with van der Waals surface area (Å²) in [5.74, 6) is -2.33. The van der Waals surface area contributed by atoms with Gasteiger partial charge in [0.05, 0.1) is 40.1 Å². The van der Waals surface area contributed by atoms with E-state index in [-0.39, 0.29) is 37.6 Å². The summed E-state index contributed by atoms with van der Waals surface area (Å²) < 4.78 is 61.4. The van der Waals surface area contributed by atoms with Crippen LogP contribution in [0.5, 0.6) is 5.75 Å². The Bertz CT molecular complexity index is 1880. The van der Waals surface area contributed by atoms with E-state index in [1.807, 2.05) is 91.0 Å². The van der Waals surface area contributed by atoms with Crippen molar-refractivity contribution < 1.29 is 42.7 Å². The van der Waals surface area contributed by atoms with E-state index in [0.29, 0.717) is 16.1 Å². The van der Waals surface area contributed by atoms with Crippen LogP contribution in [0, 0.1) is 11.6 Å². The fourth-order valence-corrected chi connectivity index (χ4v) is 6.66. The maximum Gasteiger partial charge on any atom is 0.200 e. The summed E-state index contributed by atoms with van der Waals surface area (Å²) in [6.07, 6.45) is -3.69. The summed E-state index contributed by atoms with van der Waals surface area (Å²) >= 11 is 6.66. The Morgan fingerprint density at radius 3 is 1.73 bits per heavy atom. The molecule has 7 nitrogen and oxygen atoms in total. The standard InChI is InChI=1S/C42H41ClF2O7/c1-48-35-20-18-31(36(44)37(35)45)21-33-22-32(17-19-34(33)43)38-39(49-23-28-11-5-2-6-12-28)40(50-24-29-13-7-3-8-14-29)41(42(26-46,27-47)52-38)51-25-30-15-9-4-10-16-30/h2-20,22,38-41,46-47H,21,23-27H2,1H3. The minimum Gasteiger partial charge on any atom is -0.494 e. The zero-order valence-corrected chi connectivity index (χ0v) is 29.4. The van der Waals surface area contributed by atoms with Gasteiger partial charge >= 0.3 is 0 Å². The molecule has 0 aromatic heterocycles. The van der Waals surface area contributed by atoms with Gasteiger partial charge in [-0.05, 0) is 45.5 Å². The zero-order chi connectivity index (χ0) is 36.5. The van der Waals surface area contributed by atoms with Crippen LogP contribution in [0.2, 0.25) is 5.02 Å². The highest BCUT2D eigenvalue weighted by molar-refractivity contribution is 6.31. The molecule has 1 fully saturated rings. The topological polar surface area (TPSA) is 86.6 Å². The lowest BCUT2D eigenvalue weighted by molar-refractivity contribution is -0.318. The van der Waals surface area contributed by atoms with Gasteiger partial charge in [0.1, 0.15) is 30.0 Å². The highest BCUT2D eigenvalue weighted by atomic mass is 35.5. The van der Waals surface area contributed by atoms with Gasteiger partial charge in [0.2, 0.25) is 5.82 Å². The molecule has 1 saturated heterocycles. The van der Waals surface area contributed by atoms with Crippen molar-refractivity contribution in [3.05, 3.63) is 171 Å². The first-order chi connectivity index (χ1) is 25.4. The summed E-state index contributed by atoms with van der Waals surface area (Å²) in [6.45, 7) is -0.702. The number of ether oxygens (including phenoxy) is 5. The normalized spacial score (nSPS) is 19.7. The number of hydrogen-bond donors (Lipinski definition) is 2. The van der Waals surface area contributed by atoms with Crippen LogP contribution >= 0.6 is 11.6 Å². The van der Waals surface area contributed by atoms with Crippen LogP contribution in [0.15, 0.2) is 121 Å². The average Bonchev–Trinajstić information content (AvgIpc) is 3.19. The highest BCUT2D eigenvalue weighted by Crippen LogP contribution is 2.44. The molecule has 272 valence electrons. The fourth-order valence-electron chi connectivity index (χ4n) is 6.48.